The van der Waals surface area contributed by atoms with Gasteiger partial charge in [-0.15, -0.1) is 0 Å². The minimum atomic E-state index is 0.567. The maximum absolute atomic E-state index is 6.06. The summed E-state index contributed by atoms with van der Waals surface area (Å²) in [7, 11) is 1.92. The molecule has 1 aromatic carbocycles. The molecule has 1 aliphatic rings. The molecule has 0 bridgehead atoms. The first kappa shape index (κ1) is 14.6. The minimum absolute atomic E-state index is 0.567. The third-order valence-corrected chi connectivity index (χ3v) is 4.53. The fraction of sp³-hybridized carbons (Fsp3) is 0.353. The first-order chi connectivity index (χ1) is 10.2. The van der Waals surface area contributed by atoms with Gasteiger partial charge in [-0.05, 0) is 83.7 Å². The molecule has 3 nitrogen and oxygen atoms in total. The Bertz CT molecular complexity index is 653. The zero-order chi connectivity index (χ0) is 14.8. The summed E-state index contributed by atoms with van der Waals surface area (Å²) in [5.74, 6) is 2.57. The number of nitrogens with one attached hydrogen (secondary N) is 1. The van der Waals surface area contributed by atoms with Crippen LogP contribution in [0.2, 0.25) is 0 Å². The van der Waals surface area contributed by atoms with E-state index in [2.05, 4.69) is 58.0 Å². The Kier molecular flexibility index (Phi) is 4.33. The van der Waals surface area contributed by atoms with Crippen molar-refractivity contribution in [1.82, 2.24) is 4.98 Å². The van der Waals surface area contributed by atoms with Gasteiger partial charge in [0.15, 0.2) is 0 Å². The normalized spacial score (nSPS) is 14.0. The molecule has 1 heterocycles. The maximum Gasteiger partial charge on any atom is 0.132 e. The quantitative estimate of drug-likeness (QED) is 0.759. The first-order valence-corrected chi connectivity index (χ1v) is 8.31. The Labute approximate surface area is 139 Å². The zero-order valence-corrected chi connectivity index (χ0v) is 14.5. The van der Waals surface area contributed by atoms with Gasteiger partial charge in [-0.1, -0.05) is 0 Å². The zero-order valence-electron chi connectivity index (χ0n) is 12.3. The standard InChI is InChI=1S/C17H19IN2O/c1-11-9-13(18)5-6-16(11)21-10-15-14(12-3-4-12)7-8-20-17(15)19-2/h5-9,12H,3-4,10H2,1-2H3,(H,19,20). The van der Waals surface area contributed by atoms with E-state index in [9.17, 15) is 0 Å². The summed E-state index contributed by atoms with van der Waals surface area (Å²) < 4.78 is 7.29. The molecule has 0 amide bonds. The lowest BCUT2D eigenvalue weighted by Crippen LogP contribution is -2.06. The fourth-order valence-electron chi connectivity index (χ4n) is 2.58. The summed E-state index contributed by atoms with van der Waals surface area (Å²) in [6, 6.07) is 8.40. The summed E-state index contributed by atoms with van der Waals surface area (Å²) in [4.78, 5) is 4.42. The molecule has 1 aliphatic carbocycles. The summed E-state index contributed by atoms with van der Waals surface area (Å²) in [6.07, 6.45) is 4.45. The van der Waals surface area contributed by atoms with Gasteiger partial charge < -0.3 is 10.1 Å². The number of hydrogen-bond donors (Lipinski definition) is 1. The molecular formula is C17H19IN2O. The summed E-state index contributed by atoms with van der Waals surface area (Å²) in [5.41, 5.74) is 3.75. The molecule has 0 unspecified atom stereocenters. The third-order valence-electron chi connectivity index (χ3n) is 3.86. The van der Waals surface area contributed by atoms with Crippen molar-refractivity contribution >= 4 is 28.4 Å². The van der Waals surface area contributed by atoms with Gasteiger partial charge >= 0.3 is 0 Å². The van der Waals surface area contributed by atoms with Gasteiger partial charge in [0, 0.05) is 22.4 Å². The highest BCUT2D eigenvalue weighted by Crippen LogP contribution is 2.43. The van der Waals surface area contributed by atoms with E-state index >= 15 is 0 Å². The monoisotopic (exact) mass is 394 g/mol. The molecule has 0 aliphatic heterocycles. The number of aromatic nitrogens is 1. The second kappa shape index (κ2) is 6.22. The molecule has 0 spiro atoms. The number of rotatable bonds is 5. The van der Waals surface area contributed by atoms with Gasteiger partial charge in [0.25, 0.3) is 0 Å². The second-order valence-electron chi connectivity index (χ2n) is 5.45. The van der Waals surface area contributed by atoms with Crippen LogP contribution in [0.15, 0.2) is 30.5 Å². The van der Waals surface area contributed by atoms with Gasteiger partial charge in [-0.2, -0.15) is 0 Å². The molecular weight excluding hydrogens is 375 g/mol. The SMILES string of the molecule is CNc1nccc(C2CC2)c1COc1ccc(I)cc1C. The molecule has 0 radical (unpaired) electrons. The predicted octanol–water partition coefficient (Wildman–Crippen LogP) is 4.49. The van der Waals surface area contributed by atoms with Gasteiger partial charge in [-0.3, -0.25) is 0 Å². The minimum Gasteiger partial charge on any atom is -0.488 e. The molecule has 4 heteroatoms. The fourth-order valence-corrected chi connectivity index (χ4v) is 3.22. The lowest BCUT2D eigenvalue weighted by molar-refractivity contribution is 0.303. The number of halogens is 1. The van der Waals surface area contributed by atoms with Gasteiger partial charge in [0.05, 0.1) is 0 Å². The largest absolute Gasteiger partial charge is 0.488 e. The summed E-state index contributed by atoms with van der Waals surface area (Å²) in [5, 5.41) is 3.19. The van der Waals surface area contributed by atoms with Crippen LogP contribution in [0.3, 0.4) is 0 Å². The molecule has 21 heavy (non-hydrogen) atoms. The molecule has 1 saturated carbocycles. The molecule has 1 aromatic heterocycles. The van der Waals surface area contributed by atoms with Crippen molar-refractivity contribution in [1.29, 1.82) is 0 Å². The van der Waals surface area contributed by atoms with Crippen LogP contribution >= 0.6 is 22.6 Å². The van der Waals surface area contributed by atoms with Crippen molar-refractivity contribution in [3.63, 3.8) is 0 Å². The van der Waals surface area contributed by atoms with E-state index in [4.69, 9.17) is 4.74 Å². The molecule has 1 N–H and O–H groups in total. The van der Waals surface area contributed by atoms with E-state index < -0.39 is 0 Å². The Balaban J connectivity index is 1.84. The van der Waals surface area contributed by atoms with E-state index in [1.807, 2.05) is 19.3 Å². The molecule has 2 aromatic rings. The van der Waals surface area contributed by atoms with Crippen LogP contribution in [-0.2, 0) is 6.61 Å². The van der Waals surface area contributed by atoms with E-state index in [0.29, 0.717) is 12.5 Å². The average Bonchev–Trinajstić information content (AvgIpc) is 3.30. The summed E-state index contributed by atoms with van der Waals surface area (Å²) in [6.45, 7) is 2.65. The van der Waals surface area contributed by atoms with Gasteiger partial charge in [0.1, 0.15) is 18.2 Å². The van der Waals surface area contributed by atoms with Crippen molar-refractivity contribution in [3.05, 3.63) is 50.7 Å². The number of pyridine rings is 1. The molecule has 3 rings (SSSR count). The Morgan fingerprint density at radius 2 is 2.14 bits per heavy atom. The Morgan fingerprint density at radius 3 is 2.81 bits per heavy atom. The first-order valence-electron chi connectivity index (χ1n) is 7.23. The maximum atomic E-state index is 6.06. The van der Waals surface area contributed by atoms with Crippen LogP contribution in [0, 0.1) is 10.5 Å². The Morgan fingerprint density at radius 1 is 1.33 bits per heavy atom. The topological polar surface area (TPSA) is 34.2 Å². The highest BCUT2D eigenvalue weighted by atomic mass is 127. The third kappa shape index (κ3) is 3.31. The number of ether oxygens (including phenoxy) is 1. The highest BCUT2D eigenvalue weighted by Gasteiger charge is 2.27. The van der Waals surface area contributed by atoms with E-state index in [-0.39, 0.29) is 0 Å². The Hall–Kier alpha value is -1.30. The van der Waals surface area contributed by atoms with Crippen LogP contribution in [0.25, 0.3) is 0 Å². The van der Waals surface area contributed by atoms with Crippen molar-refractivity contribution in [2.45, 2.75) is 32.3 Å². The summed E-state index contributed by atoms with van der Waals surface area (Å²) >= 11 is 2.32. The van der Waals surface area contributed by atoms with E-state index in [1.54, 1.807) is 0 Å². The molecule has 110 valence electrons. The van der Waals surface area contributed by atoms with Crippen LogP contribution < -0.4 is 10.1 Å². The number of hydrogen-bond acceptors (Lipinski definition) is 3. The van der Waals surface area contributed by atoms with E-state index in [0.717, 1.165) is 11.6 Å². The molecule has 0 saturated heterocycles. The van der Waals surface area contributed by atoms with Crippen LogP contribution in [0.4, 0.5) is 5.82 Å². The van der Waals surface area contributed by atoms with Crippen LogP contribution in [0.1, 0.15) is 35.4 Å². The number of aryl methyl sites for hydroxylation is 1. The van der Waals surface area contributed by atoms with Crippen molar-refractivity contribution in [3.8, 4) is 5.75 Å². The number of benzene rings is 1. The lowest BCUT2D eigenvalue weighted by atomic mass is 10.1. The van der Waals surface area contributed by atoms with Crippen molar-refractivity contribution in [2.24, 2.45) is 0 Å². The average molecular weight is 394 g/mol. The number of anilines is 1. The van der Waals surface area contributed by atoms with Crippen LogP contribution in [-0.4, -0.2) is 12.0 Å². The lowest BCUT2D eigenvalue weighted by Gasteiger charge is -2.15. The molecule has 0 atom stereocenters. The highest BCUT2D eigenvalue weighted by molar-refractivity contribution is 14.1. The smallest absolute Gasteiger partial charge is 0.132 e. The van der Waals surface area contributed by atoms with Gasteiger partial charge in [-0.25, -0.2) is 4.98 Å². The molecule has 1 fully saturated rings. The van der Waals surface area contributed by atoms with Gasteiger partial charge in [0.2, 0.25) is 0 Å². The van der Waals surface area contributed by atoms with Crippen LogP contribution in [0.5, 0.6) is 5.75 Å². The van der Waals surface area contributed by atoms with E-state index in [1.165, 1.54) is 33.1 Å². The van der Waals surface area contributed by atoms with Crippen molar-refractivity contribution in [2.75, 3.05) is 12.4 Å². The number of nitrogens with zero attached hydrogens (tertiary/aromatic N) is 1. The van der Waals surface area contributed by atoms with Crippen molar-refractivity contribution < 1.29 is 4.74 Å². The predicted molar refractivity (Wildman–Crippen MR) is 94.0 cm³/mol. The second-order valence-corrected chi connectivity index (χ2v) is 6.70.